The molecule has 0 spiro atoms. The molecule has 3 N–H and O–H groups in total. The maximum atomic E-state index is 14.5. The largest absolute Gasteiger partial charge is 0.493 e. The summed E-state index contributed by atoms with van der Waals surface area (Å²) in [5, 5.41) is 2.71. The van der Waals surface area contributed by atoms with E-state index in [4.69, 9.17) is 18.9 Å². The molecule has 12 rings (SSSR count). The summed E-state index contributed by atoms with van der Waals surface area (Å²) in [6.45, 7) is 17.2. The van der Waals surface area contributed by atoms with Gasteiger partial charge in [0.2, 0.25) is 15.9 Å². The second-order valence-electron chi connectivity index (χ2n) is 25.8. The van der Waals surface area contributed by atoms with Crippen molar-refractivity contribution in [2.24, 2.45) is 0 Å². The summed E-state index contributed by atoms with van der Waals surface area (Å²) in [7, 11) is -1.54. The van der Waals surface area contributed by atoms with Crippen LogP contribution in [0.25, 0.3) is 0 Å². The van der Waals surface area contributed by atoms with Crippen molar-refractivity contribution < 1.29 is 59.8 Å². The first-order valence-electron chi connectivity index (χ1n) is 34.3. The molecule has 2 aromatic heterocycles. The number of thiophene rings is 1. The van der Waals surface area contributed by atoms with Crippen LogP contribution >= 0.6 is 22.7 Å². The number of anilines is 3. The number of rotatable bonds is 27. The second-order valence-corrected chi connectivity index (χ2v) is 31.9. The number of amides is 5. The average Bonchev–Trinajstić information content (AvgIpc) is 1.60. The Hall–Kier alpha value is -9.06. The van der Waals surface area contributed by atoms with E-state index in [0.717, 1.165) is 71.7 Å². The molecule has 103 heavy (non-hydrogen) atoms. The Labute approximate surface area is 610 Å². The fourth-order valence-corrected chi connectivity index (χ4v) is 19.3. The minimum Gasteiger partial charge on any atom is -0.493 e. The highest BCUT2D eigenvalue weighted by molar-refractivity contribution is 7.91. The van der Waals surface area contributed by atoms with Gasteiger partial charge in [0.05, 0.1) is 84.7 Å². The third-order valence-corrected chi connectivity index (χ3v) is 25.3. The monoisotopic (exact) mass is 1480 g/mol. The molecule has 2 saturated heterocycles. The molecule has 8 aromatic rings. The van der Waals surface area contributed by atoms with Crippen LogP contribution in [0.4, 0.5) is 16.5 Å². The molecule has 4 atom stereocenters. The van der Waals surface area contributed by atoms with Gasteiger partial charge in [-0.05, 0) is 137 Å². The summed E-state index contributed by atoms with van der Waals surface area (Å²) in [6, 6.07) is 43.1. The van der Waals surface area contributed by atoms with Crippen LogP contribution in [-0.4, -0.2) is 165 Å². The number of sulfonamides is 2. The summed E-state index contributed by atoms with van der Waals surface area (Å²) in [5.41, 5.74) is 7.12. The lowest BCUT2D eigenvalue weighted by Crippen LogP contribution is -2.47. The molecule has 4 aliphatic heterocycles. The number of hydrogen-bond acceptors (Lipinski definition) is 20. The van der Waals surface area contributed by atoms with Crippen LogP contribution in [0.15, 0.2) is 149 Å². The normalized spacial score (nSPS) is 16.2. The molecule has 5 amide bonds. The van der Waals surface area contributed by atoms with Crippen LogP contribution in [0.3, 0.4) is 0 Å². The Morgan fingerprint density at radius 3 is 1.33 bits per heavy atom. The summed E-state index contributed by atoms with van der Waals surface area (Å²) in [5.74, 6) is 0.0408. The van der Waals surface area contributed by atoms with Gasteiger partial charge in [-0.15, -0.1) is 11.3 Å². The molecule has 6 aromatic carbocycles. The van der Waals surface area contributed by atoms with Crippen molar-refractivity contribution >= 4 is 88.8 Å². The molecular formula is C76H88N10O13S4. The predicted octanol–water partition coefficient (Wildman–Crippen LogP) is 11.8. The summed E-state index contributed by atoms with van der Waals surface area (Å²) in [6.07, 6.45) is 1.25. The number of piperazine rings is 2. The van der Waals surface area contributed by atoms with E-state index in [1.165, 1.54) is 60.5 Å². The van der Waals surface area contributed by atoms with Gasteiger partial charge in [0.25, 0.3) is 33.7 Å². The number of benzene rings is 6. The molecule has 0 radical (unpaired) electrons. The number of fused-ring (bicyclic) bond motifs is 2. The third kappa shape index (κ3) is 16.3. The summed E-state index contributed by atoms with van der Waals surface area (Å²) in [4.78, 5) is 86.7. The van der Waals surface area contributed by atoms with E-state index in [1.54, 1.807) is 69.5 Å². The van der Waals surface area contributed by atoms with Crippen molar-refractivity contribution in [2.75, 3.05) is 109 Å². The van der Waals surface area contributed by atoms with Gasteiger partial charge in [-0.3, -0.25) is 43.6 Å². The molecule has 0 bridgehead atoms. The van der Waals surface area contributed by atoms with E-state index >= 15 is 0 Å². The quantitative estimate of drug-likeness (QED) is 0.0319. The summed E-state index contributed by atoms with van der Waals surface area (Å²) >= 11 is 2.31. The van der Waals surface area contributed by atoms with Gasteiger partial charge in [-0.1, -0.05) is 96.3 Å². The SMILES string of the molecule is COc1ccc([C@@H](CCCNS(=O)(=O)c2cc(C)sc2C)N2C(=O)c3cccc(N4CCN([C@H](C)c5ccccc5)CC4)c3C2=O)cc1OC.COc1ccc([C@@H](CCCNS(=O)(=O)c2sc(NC(C)=O)nc2C)N2C(=O)c3cccc(N4CCN([C@H](C)c5ccccc5)CC4)c3C2=O)cc1OC. The molecule has 6 heterocycles. The Bertz CT molecular complexity index is 4650. The van der Waals surface area contributed by atoms with Crippen molar-refractivity contribution in [3.05, 3.63) is 199 Å². The average molecular weight is 1480 g/mol. The highest BCUT2D eigenvalue weighted by atomic mass is 32.2. The summed E-state index contributed by atoms with van der Waals surface area (Å²) < 4.78 is 80.1. The van der Waals surface area contributed by atoms with Crippen LogP contribution in [0.1, 0.15) is 150 Å². The van der Waals surface area contributed by atoms with Crippen LogP contribution in [0, 0.1) is 20.8 Å². The predicted molar refractivity (Wildman–Crippen MR) is 400 cm³/mol. The van der Waals surface area contributed by atoms with Gasteiger partial charge < -0.3 is 34.1 Å². The molecule has 0 unspecified atom stereocenters. The molecular weight excluding hydrogens is 1390 g/mol. The molecule has 27 heteroatoms. The van der Waals surface area contributed by atoms with Gasteiger partial charge in [0.1, 0.15) is 0 Å². The van der Waals surface area contributed by atoms with E-state index < -0.39 is 43.9 Å². The molecule has 0 saturated carbocycles. The van der Waals surface area contributed by atoms with Crippen LogP contribution in [0.2, 0.25) is 0 Å². The topological polar surface area (TPSA) is 259 Å². The Morgan fingerprint density at radius 2 is 0.932 bits per heavy atom. The second kappa shape index (κ2) is 32.7. The molecule has 0 aliphatic carbocycles. The lowest BCUT2D eigenvalue weighted by molar-refractivity contribution is -0.114. The standard InChI is InChI=1S/C38H44N6O7S2.C38H44N4O6S2/c1-24-37(52-38(40-24)41-26(3)45)53(48,49)39-18-10-15-30(28-16-17-32(50-4)33(23-28)51-5)44-35(46)29-13-9-14-31(34(29)36(44)47)43-21-19-42(20-22-43)25(2)27-11-7-6-8-12-27;1-25-23-35(27(3)49-25)50(45,46)39-18-10-15-31(29-16-17-33(47-4)34(24-29)48-5)42-37(43)30-13-9-14-32(36(30)38(42)44)41-21-19-40(20-22-41)26(2)28-11-7-6-8-12-28/h6-9,11-14,16-17,23,25,30,39H,10,15,18-22H2,1-5H3,(H,40,41,45);6-9,11-14,16-17,23-24,26,31,39H,10,15,18-22H2,1-5H3/t25-,30-;26-,31-/m11/s1. The van der Waals surface area contributed by atoms with Gasteiger partial charge in [0.15, 0.2) is 32.3 Å². The molecule has 2 fully saturated rings. The minimum absolute atomic E-state index is 0.000856. The smallest absolute Gasteiger partial charge is 0.264 e. The number of hydrogen-bond donors (Lipinski definition) is 3. The molecule has 4 aliphatic rings. The highest BCUT2D eigenvalue weighted by Gasteiger charge is 2.45. The number of aromatic nitrogens is 1. The van der Waals surface area contributed by atoms with Crippen molar-refractivity contribution in [1.82, 2.24) is 34.0 Å². The van der Waals surface area contributed by atoms with Crippen molar-refractivity contribution in [3.8, 4) is 23.0 Å². The number of aryl methyl sites for hydroxylation is 3. The third-order valence-electron chi connectivity index (χ3n) is 19.5. The molecule has 23 nitrogen and oxygen atoms in total. The number of nitrogens with zero attached hydrogens (tertiary/aromatic N) is 7. The van der Waals surface area contributed by atoms with E-state index in [9.17, 15) is 40.8 Å². The van der Waals surface area contributed by atoms with Crippen LogP contribution < -0.4 is 43.5 Å². The number of imide groups is 2. The van der Waals surface area contributed by atoms with Crippen LogP contribution in [-0.2, 0) is 24.8 Å². The van der Waals surface area contributed by atoms with Gasteiger partial charge in [-0.2, -0.15) is 0 Å². The fourth-order valence-electron chi connectivity index (χ4n) is 14.1. The number of ether oxygens (including phenoxy) is 4. The first-order chi connectivity index (χ1) is 49.5. The van der Waals surface area contributed by atoms with Crippen molar-refractivity contribution in [3.63, 3.8) is 0 Å². The first kappa shape index (κ1) is 75.1. The fraction of sp³-hybridized carbons (Fsp3) is 0.368. The highest BCUT2D eigenvalue weighted by Crippen LogP contribution is 2.44. The van der Waals surface area contributed by atoms with Crippen molar-refractivity contribution in [2.45, 2.75) is 100 Å². The van der Waals surface area contributed by atoms with E-state index in [1.807, 2.05) is 61.5 Å². The zero-order valence-corrected chi connectivity index (χ0v) is 62.8. The zero-order valence-electron chi connectivity index (χ0n) is 59.6. The molecule has 544 valence electrons. The van der Waals surface area contributed by atoms with Crippen LogP contribution in [0.5, 0.6) is 23.0 Å². The maximum Gasteiger partial charge on any atom is 0.264 e. The zero-order chi connectivity index (χ0) is 73.4. The van der Waals surface area contributed by atoms with E-state index in [-0.39, 0.29) is 75.7 Å². The lowest BCUT2D eigenvalue weighted by Gasteiger charge is -2.39. The number of carbonyl (C=O) groups is 5. The maximum absolute atomic E-state index is 14.5. The number of carbonyl (C=O) groups excluding carboxylic acids is 5. The number of nitrogens with one attached hydrogen (secondary N) is 3. The Balaban J connectivity index is 0.000000207. The Morgan fingerprint density at radius 1 is 0.505 bits per heavy atom. The minimum atomic E-state index is -3.95. The van der Waals surface area contributed by atoms with Gasteiger partial charge in [0, 0.05) is 94.2 Å². The Kier molecular flexibility index (Phi) is 23.9. The van der Waals surface area contributed by atoms with E-state index in [2.05, 4.69) is 89.6 Å². The lowest BCUT2D eigenvalue weighted by atomic mass is 9.99. The van der Waals surface area contributed by atoms with Gasteiger partial charge >= 0.3 is 0 Å². The van der Waals surface area contributed by atoms with E-state index in [0.29, 0.717) is 82.3 Å². The van der Waals surface area contributed by atoms with Crippen molar-refractivity contribution in [1.29, 1.82) is 0 Å². The number of methoxy groups -OCH3 is 4. The number of thiazole rings is 1. The van der Waals surface area contributed by atoms with Gasteiger partial charge in [-0.25, -0.2) is 31.3 Å². The first-order valence-corrected chi connectivity index (χ1v) is 38.9.